The third kappa shape index (κ3) is 3.14. The van der Waals surface area contributed by atoms with E-state index in [1.807, 2.05) is 40.8 Å². The summed E-state index contributed by atoms with van der Waals surface area (Å²) in [6.07, 6.45) is 6.08. The van der Waals surface area contributed by atoms with E-state index >= 15 is 0 Å². The van der Waals surface area contributed by atoms with Gasteiger partial charge in [0, 0.05) is 44.0 Å². The second kappa shape index (κ2) is 6.78. The Labute approximate surface area is 151 Å². The lowest BCUT2D eigenvalue weighted by atomic mass is 10.1. The van der Waals surface area contributed by atoms with Crippen LogP contribution in [0, 0.1) is 6.92 Å². The Bertz CT molecular complexity index is 1020. The number of aromatic amines is 1. The molecule has 1 N–H and O–H groups in total. The molecule has 0 radical (unpaired) electrons. The number of benzene rings is 1. The van der Waals surface area contributed by atoms with Crippen molar-refractivity contribution in [2.75, 3.05) is 13.1 Å². The number of carbonyl (C=O) groups excluding carboxylic acids is 1. The van der Waals surface area contributed by atoms with E-state index in [4.69, 9.17) is 0 Å². The molecule has 134 valence electrons. The molecule has 1 amide bonds. The zero-order valence-corrected chi connectivity index (χ0v) is 14.9. The number of rotatable bonds is 5. The highest BCUT2D eigenvalue weighted by molar-refractivity contribution is 5.83. The molecule has 1 aliphatic rings. The van der Waals surface area contributed by atoms with Crippen molar-refractivity contribution in [3.05, 3.63) is 52.6 Å². The van der Waals surface area contributed by atoms with Crippen LogP contribution in [-0.2, 0) is 11.3 Å². The second-order valence-corrected chi connectivity index (χ2v) is 6.88. The Morgan fingerprint density at radius 1 is 1.19 bits per heavy atom. The van der Waals surface area contributed by atoms with Crippen molar-refractivity contribution < 1.29 is 4.79 Å². The Hall–Kier alpha value is -2.89. The van der Waals surface area contributed by atoms with E-state index in [0.717, 1.165) is 48.9 Å². The van der Waals surface area contributed by atoms with Gasteiger partial charge in [0.2, 0.25) is 5.91 Å². The smallest absolute Gasteiger partial charge is 0.259 e. The molecule has 0 aliphatic carbocycles. The molecule has 0 atom stereocenters. The maximum atomic E-state index is 12.5. The summed E-state index contributed by atoms with van der Waals surface area (Å²) < 4.78 is 1.99. The second-order valence-electron chi connectivity index (χ2n) is 6.88. The molecule has 1 aliphatic heterocycles. The van der Waals surface area contributed by atoms with E-state index in [1.165, 1.54) is 0 Å². The van der Waals surface area contributed by atoms with E-state index in [2.05, 4.69) is 16.0 Å². The van der Waals surface area contributed by atoms with Crippen LogP contribution in [0.2, 0.25) is 0 Å². The number of hydrogen-bond acceptors (Lipinski definition) is 3. The van der Waals surface area contributed by atoms with Gasteiger partial charge in [-0.3, -0.25) is 9.59 Å². The molecule has 3 heterocycles. The van der Waals surface area contributed by atoms with Crippen LogP contribution in [0.4, 0.5) is 0 Å². The van der Waals surface area contributed by atoms with Gasteiger partial charge in [-0.2, -0.15) is 0 Å². The Kier molecular flexibility index (Phi) is 4.32. The monoisotopic (exact) mass is 350 g/mol. The minimum Gasteiger partial charge on any atom is -0.343 e. The van der Waals surface area contributed by atoms with Gasteiger partial charge >= 0.3 is 0 Å². The zero-order chi connectivity index (χ0) is 18.1. The molecule has 26 heavy (non-hydrogen) atoms. The summed E-state index contributed by atoms with van der Waals surface area (Å²) in [5.41, 5.74) is 2.41. The van der Waals surface area contributed by atoms with Gasteiger partial charge in [-0.05, 0) is 43.4 Å². The quantitative estimate of drug-likeness (QED) is 0.769. The Morgan fingerprint density at radius 2 is 2.08 bits per heavy atom. The van der Waals surface area contributed by atoms with Crippen LogP contribution in [0.15, 0.2) is 41.5 Å². The van der Waals surface area contributed by atoms with Gasteiger partial charge in [0.15, 0.2) is 0 Å². The highest BCUT2D eigenvalue weighted by Crippen LogP contribution is 2.20. The number of likely N-dealkylation sites (tertiary alicyclic amines) is 1. The molecule has 3 aromatic rings. The third-order valence-electron chi connectivity index (χ3n) is 4.95. The highest BCUT2D eigenvalue weighted by Gasteiger charge is 2.19. The predicted octanol–water partition coefficient (Wildman–Crippen LogP) is 2.71. The normalized spacial score (nSPS) is 14.5. The summed E-state index contributed by atoms with van der Waals surface area (Å²) in [5.74, 6) is 0.916. The summed E-state index contributed by atoms with van der Waals surface area (Å²) in [6.45, 7) is 4.37. The molecule has 0 spiro atoms. The molecular weight excluding hydrogens is 328 g/mol. The van der Waals surface area contributed by atoms with Crippen LogP contribution in [0.1, 0.15) is 24.8 Å². The number of fused-ring (bicyclic) bond motifs is 1. The average molecular weight is 350 g/mol. The number of aromatic nitrogens is 3. The van der Waals surface area contributed by atoms with E-state index < -0.39 is 0 Å². The SMILES string of the molecule is Cc1ccc2[nH]c(=O)c(-c3nccn3CCCN3CCCC3=O)cc2c1. The van der Waals surface area contributed by atoms with Crippen molar-refractivity contribution in [1.82, 2.24) is 19.4 Å². The van der Waals surface area contributed by atoms with Crippen LogP contribution >= 0.6 is 0 Å². The van der Waals surface area contributed by atoms with Crippen LogP contribution in [0.25, 0.3) is 22.3 Å². The molecule has 4 rings (SSSR count). The first-order valence-electron chi connectivity index (χ1n) is 9.05. The number of pyridine rings is 1. The fraction of sp³-hybridized carbons (Fsp3) is 0.350. The fourth-order valence-electron chi connectivity index (χ4n) is 3.60. The van der Waals surface area contributed by atoms with Gasteiger partial charge in [-0.15, -0.1) is 0 Å². The van der Waals surface area contributed by atoms with Gasteiger partial charge in [0.1, 0.15) is 5.82 Å². The van der Waals surface area contributed by atoms with Crippen LogP contribution in [0.3, 0.4) is 0 Å². The number of imidazole rings is 1. The molecule has 6 nitrogen and oxygen atoms in total. The standard InChI is InChI=1S/C20H22N4O2/c1-14-5-6-17-15(12-14)13-16(20(26)22-17)19-21-7-11-24(19)10-3-9-23-8-2-4-18(23)25/h5-7,11-13H,2-4,8-10H2,1H3,(H,22,26). The van der Waals surface area contributed by atoms with Crippen LogP contribution in [0.5, 0.6) is 0 Å². The first-order valence-corrected chi connectivity index (χ1v) is 9.05. The Balaban J connectivity index is 1.58. The van der Waals surface area contributed by atoms with Crippen molar-refractivity contribution in [1.29, 1.82) is 0 Å². The van der Waals surface area contributed by atoms with Crippen molar-refractivity contribution in [3.63, 3.8) is 0 Å². The third-order valence-corrected chi connectivity index (χ3v) is 4.95. The van der Waals surface area contributed by atoms with Gasteiger partial charge in [0.25, 0.3) is 5.56 Å². The first-order chi connectivity index (χ1) is 12.6. The summed E-state index contributed by atoms with van der Waals surface area (Å²) in [7, 11) is 0. The molecule has 0 unspecified atom stereocenters. The number of carbonyl (C=O) groups is 1. The maximum Gasteiger partial charge on any atom is 0.259 e. The number of hydrogen-bond donors (Lipinski definition) is 1. The molecule has 0 saturated carbocycles. The van der Waals surface area contributed by atoms with E-state index in [1.54, 1.807) is 6.20 Å². The highest BCUT2D eigenvalue weighted by atomic mass is 16.2. The van der Waals surface area contributed by atoms with Gasteiger partial charge in [-0.25, -0.2) is 4.98 Å². The number of nitrogens with one attached hydrogen (secondary N) is 1. The molecular formula is C20H22N4O2. The number of H-pyrrole nitrogens is 1. The lowest BCUT2D eigenvalue weighted by Gasteiger charge is -2.16. The lowest BCUT2D eigenvalue weighted by molar-refractivity contribution is -0.127. The summed E-state index contributed by atoms with van der Waals surface area (Å²) in [6, 6.07) is 7.87. The first kappa shape index (κ1) is 16.6. The van der Waals surface area contributed by atoms with Crippen molar-refractivity contribution in [2.24, 2.45) is 0 Å². The van der Waals surface area contributed by atoms with Crippen LogP contribution in [-0.4, -0.2) is 38.4 Å². The van der Waals surface area contributed by atoms with Gasteiger partial charge in [-0.1, -0.05) is 11.6 Å². The molecule has 2 aromatic heterocycles. The van der Waals surface area contributed by atoms with E-state index in [9.17, 15) is 9.59 Å². The average Bonchev–Trinajstić information content (AvgIpc) is 3.24. The fourth-order valence-corrected chi connectivity index (χ4v) is 3.60. The summed E-state index contributed by atoms with van der Waals surface area (Å²) in [4.78, 5) is 33.5. The molecule has 0 bridgehead atoms. The predicted molar refractivity (Wildman–Crippen MR) is 101 cm³/mol. The van der Waals surface area contributed by atoms with Crippen molar-refractivity contribution >= 4 is 16.8 Å². The molecule has 1 saturated heterocycles. The molecule has 1 fully saturated rings. The van der Waals surface area contributed by atoms with E-state index in [-0.39, 0.29) is 11.5 Å². The molecule has 6 heteroatoms. The zero-order valence-electron chi connectivity index (χ0n) is 14.9. The lowest BCUT2D eigenvalue weighted by Crippen LogP contribution is -2.26. The largest absolute Gasteiger partial charge is 0.343 e. The molecule has 1 aromatic carbocycles. The maximum absolute atomic E-state index is 12.5. The number of nitrogens with zero attached hydrogens (tertiary/aromatic N) is 3. The van der Waals surface area contributed by atoms with Crippen LogP contribution < -0.4 is 5.56 Å². The minimum absolute atomic E-state index is 0.136. The number of amides is 1. The number of aryl methyl sites for hydroxylation is 2. The van der Waals surface area contributed by atoms with Gasteiger partial charge in [0.05, 0.1) is 5.56 Å². The Morgan fingerprint density at radius 3 is 2.88 bits per heavy atom. The minimum atomic E-state index is -0.136. The topological polar surface area (TPSA) is 71.0 Å². The van der Waals surface area contributed by atoms with Crippen molar-refractivity contribution in [3.8, 4) is 11.4 Å². The summed E-state index contributed by atoms with van der Waals surface area (Å²) >= 11 is 0. The summed E-state index contributed by atoms with van der Waals surface area (Å²) in [5, 5.41) is 0.997. The van der Waals surface area contributed by atoms with Crippen molar-refractivity contribution in [2.45, 2.75) is 32.7 Å². The van der Waals surface area contributed by atoms with E-state index in [0.29, 0.717) is 17.8 Å². The van der Waals surface area contributed by atoms with Gasteiger partial charge < -0.3 is 14.5 Å².